The lowest BCUT2D eigenvalue weighted by Gasteiger charge is -2.33. The molecule has 8 nitrogen and oxygen atoms in total. The highest BCUT2D eigenvalue weighted by molar-refractivity contribution is 5.68. The molecule has 1 aromatic carbocycles. The highest BCUT2D eigenvalue weighted by Crippen LogP contribution is 2.31. The molecule has 0 aliphatic carbocycles. The number of nitrogens with zero attached hydrogens (tertiary/aromatic N) is 5. The summed E-state index contributed by atoms with van der Waals surface area (Å²) in [4.78, 5) is 26.6. The monoisotopic (exact) mass is 475 g/mol. The van der Waals surface area contributed by atoms with Crippen LogP contribution in [0, 0.1) is 0 Å². The Hall–Kier alpha value is -3.50. The molecule has 0 N–H and O–H groups in total. The third-order valence-electron chi connectivity index (χ3n) is 5.25. The average molecular weight is 475 g/mol. The van der Waals surface area contributed by atoms with Gasteiger partial charge in [0.2, 0.25) is 5.82 Å². The van der Waals surface area contributed by atoms with Crippen LogP contribution in [-0.2, 0) is 10.9 Å². The van der Waals surface area contributed by atoms with E-state index in [2.05, 4.69) is 19.6 Å². The van der Waals surface area contributed by atoms with Crippen molar-refractivity contribution >= 4 is 6.09 Å². The van der Waals surface area contributed by atoms with Crippen molar-refractivity contribution in [1.29, 1.82) is 0 Å². The van der Waals surface area contributed by atoms with Crippen LogP contribution >= 0.6 is 0 Å². The van der Waals surface area contributed by atoms with Crippen LogP contribution in [0.3, 0.4) is 0 Å². The number of hydrogen-bond donors (Lipinski definition) is 0. The van der Waals surface area contributed by atoms with E-state index in [0.717, 1.165) is 24.1 Å². The molecule has 3 heterocycles. The lowest BCUT2D eigenvalue weighted by molar-refractivity contribution is -0.159. The van der Waals surface area contributed by atoms with Gasteiger partial charge in [-0.25, -0.2) is 9.78 Å². The number of alkyl halides is 3. The van der Waals surface area contributed by atoms with Gasteiger partial charge in [-0.15, -0.1) is 0 Å². The molecule has 1 aliphatic rings. The van der Waals surface area contributed by atoms with Crippen molar-refractivity contribution in [2.75, 3.05) is 13.1 Å². The van der Waals surface area contributed by atoms with Crippen LogP contribution in [0.5, 0.6) is 0 Å². The first-order valence-electron chi connectivity index (χ1n) is 10.8. The maximum atomic E-state index is 12.7. The van der Waals surface area contributed by atoms with E-state index in [9.17, 15) is 18.0 Å². The molecule has 1 saturated heterocycles. The van der Waals surface area contributed by atoms with Gasteiger partial charge < -0.3 is 14.2 Å². The molecule has 0 unspecified atom stereocenters. The van der Waals surface area contributed by atoms with Crippen LogP contribution in [0.1, 0.15) is 51.1 Å². The predicted octanol–water partition coefficient (Wildman–Crippen LogP) is 5.33. The molecule has 2 aromatic heterocycles. The number of piperidine rings is 1. The van der Waals surface area contributed by atoms with E-state index in [1.54, 1.807) is 41.6 Å². The third-order valence-corrected chi connectivity index (χ3v) is 5.25. The van der Waals surface area contributed by atoms with E-state index in [0.29, 0.717) is 24.3 Å². The lowest BCUT2D eigenvalue weighted by Crippen LogP contribution is -2.42. The fraction of sp³-hybridized carbons (Fsp3) is 0.435. The van der Waals surface area contributed by atoms with Crippen molar-refractivity contribution in [2.24, 2.45) is 0 Å². The summed E-state index contributed by atoms with van der Waals surface area (Å²) in [7, 11) is 0. The van der Waals surface area contributed by atoms with Crippen molar-refractivity contribution in [2.45, 2.75) is 51.3 Å². The minimum absolute atomic E-state index is 0.0214. The molecular weight excluding hydrogens is 451 g/mol. The van der Waals surface area contributed by atoms with Crippen molar-refractivity contribution < 1.29 is 27.2 Å². The normalized spacial score (nSPS) is 17.0. The summed E-state index contributed by atoms with van der Waals surface area (Å²) in [5, 5.41) is 3.40. The fourth-order valence-corrected chi connectivity index (χ4v) is 3.67. The number of rotatable bonds is 3. The van der Waals surface area contributed by atoms with E-state index in [-0.39, 0.29) is 17.8 Å². The second-order valence-corrected chi connectivity index (χ2v) is 9.09. The smallest absolute Gasteiger partial charge is 0.444 e. The first-order valence-corrected chi connectivity index (χ1v) is 10.8. The minimum atomic E-state index is -4.70. The summed E-state index contributed by atoms with van der Waals surface area (Å²) in [5.74, 6) is -1.52. The first-order chi connectivity index (χ1) is 16.0. The van der Waals surface area contributed by atoms with Crippen molar-refractivity contribution in [3.05, 3.63) is 48.2 Å². The van der Waals surface area contributed by atoms with Crippen molar-refractivity contribution in [3.63, 3.8) is 0 Å². The van der Waals surface area contributed by atoms with Crippen LogP contribution in [-0.4, -0.2) is 49.8 Å². The van der Waals surface area contributed by atoms with Crippen molar-refractivity contribution in [1.82, 2.24) is 25.0 Å². The number of benzene rings is 1. The number of amides is 1. The summed E-state index contributed by atoms with van der Waals surface area (Å²) in [5.41, 5.74) is 1.93. The molecule has 0 spiro atoms. The molecule has 34 heavy (non-hydrogen) atoms. The molecule has 1 fully saturated rings. The van der Waals surface area contributed by atoms with E-state index in [1.807, 2.05) is 20.8 Å². The summed E-state index contributed by atoms with van der Waals surface area (Å²) in [6.45, 7) is 6.62. The van der Waals surface area contributed by atoms with Crippen molar-refractivity contribution in [3.8, 4) is 22.6 Å². The molecule has 0 radical (unpaired) electrons. The van der Waals surface area contributed by atoms with Gasteiger partial charge in [-0.2, -0.15) is 18.2 Å². The Morgan fingerprint density at radius 2 is 1.79 bits per heavy atom. The number of aromatic nitrogens is 4. The highest BCUT2D eigenvalue weighted by Gasteiger charge is 2.38. The Balaban J connectivity index is 1.49. The number of halogens is 3. The van der Waals surface area contributed by atoms with Gasteiger partial charge in [0.1, 0.15) is 5.60 Å². The summed E-state index contributed by atoms with van der Waals surface area (Å²) < 4.78 is 47.9. The first kappa shape index (κ1) is 23.7. The second kappa shape index (κ2) is 9.03. The van der Waals surface area contributed by atoms with Gasteiger partial charge in [0.05, 0.1) is 17.6 Å². The quantitative estimate of drug-likeness (QED) is 0.506. The van der Waals surface area contributed by atoms with E-state index in [4.69, 9.17) is 9.72 Å². The molecule has 0 saturated carbocycles. The number of hydrogen-bond acceptors (Lipinski definition) is 7. The summed E-state index contributed by atoms with van der Waals surface area (Å²) >= 11 is 0. The van der Waals surface area contributed by atoms with E-state index >= 15 is 0 Å². The van der Waals surface area contributed by atoms with Crippen LogP contribution < -0.4 is 0 Å². The van der Waals surface area contributed by atoms with Gasteiger partial charge in [0, 0.05) is 36.3 Å². The van der Waals surface area contributed by atoms with Crippen LogP contribution in [0.4, 0.5) is 18.0 Å². The Morgan fingerprint density at radius 3 is 2.44 bits per heavy atom. The number of carbonyl (C=O) groups excluding carboxylic acids is 1. The second-order valence-electron chi connectivity index (χ2n) is 9.09. The zero-order valence-corrected chi connectivity index (χ0v) is 19.0. The minimum Gasteiger partial charge on any atom is -0.444 e. The predicted molar refractivity (Wildman–Crippen MR) is 116 cm³/mol. The van der Waals surface area contributed by atoms with Crippen LogP contribution in [0.25, 0.3) is 22.6 Å². The summed E-state index contributed by atoms with van der Waals surface area (Å²) in [6, 6.07) is 6.61. The zero-order valence-electron chi connectivity index (χ0n) is 19.0. The maximum absolute atomic E-state index is 12.7. The standard InChI is InChI=1S/C23H24F3N5O3/c1-22(2,3)33-21(32)31-10-4-5-16(13-31)18-12-27-11-17(28-18)14-6-8-15(9-7-14)19-29-20(34-30-19)23(24,25)26/h6-9,11-12,16H,4-5,10,13H2,1-3H3/t16-/m1/s1. The van der Waals surface area contributed by atoms with Gasteiger partial charge in [-0.3, -0.25) is 4.98 Å². The number of likely N-dealkylation sites (tertiary alicyclic amines) is 1. The largest absolute Gasteiger partial charge is 0.471 e. The molecule has 1 atom stereocenters. The molecule has 1 aliphatic heterocycles. The molecule has 4 rings (SSSR count). The fourth-order valence-electron chi connectivity index (χ4n) is 3.67. The van der Waals surface area contributed by atoms with E-state index in [1.165, 1.54) is 0 Å². The average Bonchev–Trinajstić information content (AvgIpc) is 3.29. The topological polar surface area (TPSA) is 94.2 Å². The van der Waals surface area contributed by atoms with Gasteiger partial charge in [-0.1, -0.05) is 29.4 Å². The lowest BCUT2D eigenvalue weighted by atomic mass is 9.95. The molecular formula is C23H24F3N5O3. The number of carbonyl (C=O) groups is 1. The van der Waals surface area contributed by atoms with Gasteiger partial charge in [0.15, 0.2) is 0 Å². The molecule has 0 bridgehead atoms. The summed E-state index contributed by atoms with van der Waals surface area (Å²) in [6.07, 6.45) is -0.0287. The molecule has 11 heteroatoms. The third kappa shape index (κ3) is 5.52. The van der Waals surface area contributed by atoms with Gasteiger partial charge in [-0.05, 0) is 33.6 Å². The molecule has 1 amide bonds. The van der Waals surface area contributed by atoms with Crippen LogP contribution in [0.2, 0.25) is 0 Å². The van der Waals surface area contributed by atoms with Gasteiger partial charge in [0.25, 0.3) is 0 Å². The Labute approximate surface area is 194 Å². The SMILES string of the molecule is CC(C)(C)OC(=O)N1CCC[C@@H](c2cncc(-c3ccc(-c4noc(C(F)(F)F)n4)cc3)n2)C1. The van der Waals surface area contributed by atoms with Gasteiger partial charge >= 0.3 is 18.2 Å². The maximum Gasteiger partial charge on any atom is 0.471 e. The highest BCUT2D eigenvalue weighted by atomic mass is 19.4. The molecule has 180 valence electrons. The Kier molecular flexibility index (Phi) is 6.28. The van der Waals surface area contributed by atoms with Crippen LogP contribution in [0.15, 0.2) is 41.2 Å². The van der Waals surface area contributed by atoms with E-state index < -0.39 is 17.7 Å². The Bertz CT molecular complexity index is 1160. The number of ether oxygens (including phenoxy) is 1. The molecule has 3 aromatic rings. The zero-order chi connectivity index (χ0) is 24.5. The Morgan fingerprint density at radius 1 is 1.09 bits per heavy atom.